The molecule has 0 radical (unpaired) electrons. The van der Waals surface area contributed by atoms with E-state index in [1.54, 1.807) is 6.07 Å². The summed E-state index contributed by atoms with van der Waals surface area (Å²) in [7, 11) is 0. The van der Waals surface area contributed by atoms with E-state index in [0.717, 1.165) is 45.2 Å². The van der Waals surface area contributed by atoms with Crippen molar-refractivity contribution in [3.8, 4) is 0 Å². The highest BCUT2D eigenvalue weighted by atomic mass is 35.5. The highest BCUT2D eigenvalue weighted by molar-refractivity contribution is 6.32. The first-order valence-corrected chi connectivity index (χ1v) is 8.49. The van der Waals surface area contributed by atoms with E-state index in [0.29, 0.717) is 11.6 Å². The Bertz CT molecular complexity index is 511. The lowest BCUT2D eigenvalue weighted by Crippen LogP contribution is -2.52. The van der Waals surface area contributed by atoms with Gasteiger partial charge in [-0.25, -0.2) is 0 Å². The van der Waals surface area contributed by atoms with Crippen molar-refractivity contribution >= 4 is 17.5 Å². The Labute approximate surface area is 135 Å². The van der Waals surface area contributed by atoms with Crippen LogP contribution in [0.3, 0.4) is 0 Å². The second kappa shape index (κ2) is 7.02. The lowest BCUT2D eigenvalue weighted by Gasteiger charge is -2.41. The topological polar surface area (TPSA) is 65.7 Å². The van der Waals surface area contributed by atoms with Crippen LogP contribution in [0.15, 0.2) is 16.7 Å². The number of halogens is 1. The van der Waals surface area contributed by atoms with E-state index >= 15 is 0 Å². The van der Waals surface area contributed by atoms with Gasteiger partial charge in [0.15, 0.2) is 0 Å². The maximum absolute atomic E-state index is 12.1. The van der Waals surface area contributed by atoms with Crippen LogP contribution in [0.1, 0.15) is 48.9 Å². The third kappa shape index (κ3) is 3.47. The monoisotopic (exact) mass is 326 g/mol. The van der Waals surface area contributed by atoms with E-state index in [9.17, 15) is 9.90 Å². The van der Waals surface area contributed by atoms with Crippen LogP contribution < -0.4 is 5.32 Å². The lowest BCUT2D eigenvalue weighted by molar-refractivity contribution is 0.00727. The van der Waals surface area contributed by atoms with Gasteiger partial charge in [0.2, 0.25) is 5.22 Å². The molecule has 22 heavy (non-hydrogen) atoms. The summed E-state index contributed by atoms with van der Waals surface area (Å²) in [4.78, 5) is 14.5. The molecule has 1 saturated heterocycles. The van der Waals surface area contributed by atoms with Crippen LogP contribution in [0.25, 0.3) is 0 Å². The SMILES string of the molecule is O=C(NC1CCN([C@@H]2CCCC[C@H]2O)CC1)c1ccoc1Cl. The molecule has 1 aliphatic carbocycles. The summed E-state index contributed by atoms with van der Waals surface area (Å²) in [6, 6.07) is 2.05. The second-order valence-electron chi connectivity index (χ2n) is 6.31. The molecule has 2 aliphatic rings. The zero-order valence-corrected chi connectivity index (χ0v) is 13.4. The molecule has 3 rings (SSSR count). The molecule has 122 valence electrons. The maximum atomic E-state index is 12.1. The van der Waals surface area contributed by atoms with Gasteiger partial charge < -0.3 is 14.8 Å². The van der Waals surface area contributed by atoms with E-state index in [1.807, 2.05) is 0 Å². The number of likely N-dealkylation sites (tertiary alicyclic amines) is 1. The van der Waals surface area contributed by atoms with Crippen molar-refractivity contribution in [1.82, 2.24) is 10.2 Å². The quantitative estimate of drug-likeness (QED) is 0.895. The predicted molar refractivity (Wildman–Crippen MR) is 84.0 cm³/mol. The number of hydrogen-bond acceptors (Lipinski definition) is 4. The molecule has 2 N–H and O–H groups in total. The molecule has 2 heterocycles. The molecule has 0 unspecified atom stereocenters. The lowest BCUT2D eigenvalue weighted by atomic mass is 9.89. The average Bonchev–Trinajstić information content (AvgIpc) is 2.95. The summed E-state index contributed by atoms with van der Waals surface area (Å²) in [6.45, 7) is 1.84. The van der Waals surface area contributed by atoms with Gasteiger partial charge in [-0.05, 0) is 43.4 Å². The number of amides is 1. The molecule has 1 aliphatic heterocycles. The van der Waals surface area contributed by atoms with Gasteiger partial charge in [-0.3, -0.25) is 9.69 Å². The highest BCUT2D eigenvalue weighted by Gasteiger charge is 2.32. The first-order valence-electron chi connectivity index (χ1n) is 8.11. The number of rotatable bonds is 3. The summed E-state index contributed by atoms with van der Waals surface area (Å²) in [5, 5.41) is 13.3. The van der Waals surface area contributed by atoms with Crippen molar-refractivity contribution in [2.45, 2.75) is 56.7 Å². The third-order valence-corrected chi connectivity index (χ3v) is 5.18. The first kappa shape index (κ1) is 15.8. The number of piperidine rings is 1. The van der Waals surface area contributed by atoms with Crippen LogP contribution in [-0.2, 0) is 0 Å². The Balaban J connectivity index is 1.49. The third-order valence-electron chi connectivity index (χ3n) is 4.89. The number of furan rings is 1. The van der Waals surface area contributed by atoms with Gasteiger partial charge in [0.05, 0.1) is 17.9 Å². The second-order valence-corrected chi connectivity index (χ2v) is 6.65. The summed E-state index contributed by atoms with van der Waals surface area (Å²) in [5.74, 6) is -0.171. The van der Waals surface area contributed by atoms with Crippen LogP contribution in [-0.4, -0.2) is 47.2 Å². The van der Waals surface area contributed by atoms with E-state index in [4.69, 9.17) is 16.0 Å². The number of carbonyl (C=O) groups excluding carboxylic acids is 1. The van der Waals surface area contributed by atoms with E-state index < -0.39 is 0 Å². The first-order chi connectivity index (χ1) is 10.6. The minimum atomic E-state index is -0.190. The van der Waals surface area contributed by atoms with Gasteiger partial charge in [-0.2, -0.15) is 0 Å². The largest absolute Gasteiger partial charge is 0.452 e. The Morgan fingerprint density at radius 1 is 1.27 bits per heavy atom. The normalized spacial score (nSPS) is 27.7. The molecule has 1 aromatic heterocycles. The summed E-state index contributed by atoms with van der Waals surface area (Å²) in [6.07, 6.45) is 7.39. The zero-order chi connectivity index (χ0) is 15.5. The fraction of sp³-hybridized carbons (Fsp3) is 0.688. The molecule has 1 saturated carbocycles. The van der Waals surface area contributed by atoms with Gasteiger partial charge in [0.1, 0.15) is 0 Å². The Hall–Kier alpha value is -1.04. The number of nitrogens with zero attached hydrogens (tertiary/aromatic N) is 1. The molecule has 6 heteroatoms. The minimum absolute atomic E-state index is 0.139. The van der Waals surface area contributed by atoms with Crippen LogP contribution in [0.4, 0.5) is 0 Å². The number of nitrogens with one attached hydrogen (secondary N) is 1. The van der Waals surface area contributed by atoms with Gasteiger partial charge in [0, 0.05) is 25.2 Å². The van der Waals surface area contributed by atoms with Gasteiger partial charge in [-0.15, -0.1) is 0 Å². The predicted octanol–water partition coefficient (Wildman–Crippen LogP) is 2.43. The number of aliphatic hydroxyl groups is 1. The molecular formula is C16H23ClN2O3. The number of aliphatic hydroxyl groups excluding tert-OH is 1. The molecule has 0 aromatic carbocycles. The smallest absolute Gasteiger partial charge is 0.256 e. The van der Waals surface area contributed by atoms with Crippen LogP contribution in [0, 0.1) is 0 Å². The van der Waals surface area contributed by atoms with Gasteiger partial charge in [0.25, 0.3) is 5.91 Å². The van der Waals surface area contributed by atoms with Crippen molar-refractivity contribution in [2.24, 2.45) is 0 Å². The molecule has 1 amide bonds. The van der Waals surface area contributed by atoms with Crippen LogP contribution in [0.2, 0.25) is 5.22 Å². The molecule has 1 aromatic rings. The molecule has 2 fully saturated rings. The van der Waals surface area contributed by atoms with E-state index in [1.165, 1.54) is 12.7 Å². The van der Waals surface area contributed by atoms with E-state index in [2.05, 4.69) is 10.2 Å². The number of carbonyl (C=O) groups is 1. The fourth-order valence-electron chi connectivity index (χ4n) is 3.61. The van der Waals surface area contributed by atoms with Crippen LogP contribution in [0.5, 0.6) is 0 Å². The summed E-state index contributed by atoms with van der Waals surface area (Å²) < 4.78 is 4.95. The molecule has 0 spiro atoms. The van der Waals surface area contributed by atoms with E-state index in [-0.39, 0.29) is 23.3 Å². The maximum Gasteiger partial charge on any atom is 0.256 e. The molecule has 0 bridgehead atoms. The fourth-order valence-corrected chi connectivity index (χ4v) is 3.81. The number of hydrogen-bond donors (Lipinski definition) is 2. The average molecular weight is 327 g/mol. The Morgan fingerprint density at radius 2 is 2.00 bits per heavy atom. The highest BCUT2D eigenvalue weighted by Crippen LogP contribution is 2.26. The summed E-state index contributed by atoms with van der Waals surface area (Å²) >= 11 is 5.83. The standard InChI is InChI=1S/C16H23ClN2O3/c17-15-12(7-10-22-15)16(21)18-11-5-8-19(9-6-11)13-3-1-2-4-14(13)20/h7,10-11,13-14,20H,1-6,8-9H2,(H,18,21)/t13-,14-/m1/s1. The van der Waals surface area contributed by atoms with Crippen molar-refractivity contribution in [3.05, 3.63) is 23.1 Å². The molecular weight excluding hydrogens is 304 g/mol. The minimum Gasteiger partial charge on any atom is -0.452 e. The van der Waals surface area contributed by atoms with Crippen molar-refractivity contribution in [3.63, 3.8) is 0 Å². The zero-order valence-electron chi connectivity index (χ0n) is 12.6. The Kier molecular flexibility index (Phi) is 5.06. The van der Waals surface area contributed by atoms with Crippen LogP contribution >= 0.6 is 11.6 Å². The van der Waals surface area contributed by atoms with Crippen molar-refractivity contribution < 1.29 is 14.3 Å². The molecule has 5 nitrogen and oxygen atoms in total. The summed E-state index contributed by atoms with van der Waals surface area (Å²) in [5.41, 5.74) is 0.395. The molecule has 2 atom stereocenters. The van der Waals surface area contributed by atoms with Crippen molar-refractivity contribution in [2.75, 3.05) is 13.1 Å². The van der Waals surface area contributed by atoms with Crippen molar-refractivity contribution in [1.29, 1.82) is 0 Å². The van der Waals surface area contributed by atoms with Gasteiger partial charge >= 0.3 is 0 Å². The Morgan fingerprint density at radius 3 is 2.64 bits per heavy atom. The van der Waals surface area contributed by atoms with Gasteiger partial charge in [-0.1, -0.05) is 12.8 Å².